The molecule has 0 atom stereocenters. The Morgan fingerprint density at radius 3 is 2.23 bits per heavy atom. The fraction of sp³-hybridized carbons (Fsp3) is 0.500. The molecule has 26 heavy (non-hydrogen) atoms. The van der Waals surface area contributed by atoms with Gasteiger partial charge in [-0.15, -0.1) is 0 Å². The van der Waals surface area contributed by atoms with Crippen LogP contribution in [0.3, 0.4) is 0 Å². The van der Waals surface area contributed by atoms with Gasteiger partial charge in [-0.25, -0.2) is 4.79 Å². The van der Waals surface area contributed by atoms with Gasteiger partial charge in [-0.05, 0) is 58.1 Å². The first-order chi connectivity index (χ1) is 12.3. The van der Waals surface area contributed by atoms with E-state index in [0.29, 0.717) is 18.4 Å². The largest absolute Gasteiger partial charge is 0.508 e. The molecule has 0 amide bonds. The number of hydrogen-bond acceptors (Lipinski definition) is 3. The van der Waals surface area contributed by atoms with Gasteiger partial charge < -0.3 is 15.3 Å². The Morgan fingerprint density at radius 1 is 1.12 bits per heavy atom. The van der Waals surface area contributed by atoms with Crippen molar-refractivity contribution in [2.24, 2.45) is 0 Å². The van der Waals surface area contributed by atoms with E-state index in [4.69, 9.17) is 0 Å². The van der Waals surface area contributed by atoms with Crippen LogP contribution in [0.1, 0.15) is 82.3 Å². The lowest BCUT2D eigenvalue weighted by Crippen LogP contribution is -2.05. The summed E-state index contributed by atoms with van der Waals surface area (Å²) in [5.41, 5.74) is 3.05. The zero-order chi connectivity index (χ0) is 20.3. The van der Waals surface area contributed by atoms with Gasteiger partial charge in [0.1, 0.15) is 17.1 Å². The van der Waals surface area contributed by atoms with Crippen molar-refractivity contribution in [3.8, 4) is 11.5 Å². The molecule has 0 saturated heterocycles. The molecule has 0 aromatic heterocycles. The van der Waals surface area contributed by atoms with Gasteiger partial charge >= 0.3 is 5.97 Å². The lowest BCUT2D eigenvalue weighted by molar-refractivity contribution is 0.0692. The minimum absolute atomic E-state index is 0.0469. The Balaban J connectivity index is 0.00000301. The first-order valence-electron chi connectivity index (χ1n) is 9.36. The Hall–Kier alpha value is -2.23. The van der Waals surface area contributed by atoms with E-state index >= 15 is 0 Å². The van der Waals surface area contributed by atoms with Crippen molar-refractivity contribution in [3.63, 3.8) is 0 Å². The highest BCUT2D eigenvalue weighted by atomic mass is 16.4. The molecule has 4 heteroatoms. The maximum absolute atomic E-state index is 11.5. The van der Waals surface area contributed by atoms with Crippen LogP contribution in [0.5, 0.6) is 11.5 Å². The number of phenolic OH excluding ortho intramolecular Hbond substituents is 1. The summed E-state index contributed by atoms with van der Waals surface area (Å²) >= 11 is 0. The third kappa shape index (κ3) is 7.34. The van der Waals surface area contributed by atoms with Crippen molar-refractivity contribution in [3.05, 3.63) is 46.1 Å². The number of allylic oxidation sites excluding steroid dienone is 4. The molecule has 0 aliphatic carbocycles. The second-order valence-electron chi connectivity index (χ2n) is 6.39. The smallest absolute Gasteiger partial charge is 0.339 e. The molecule has 3 N–H and O–H groups in total. The SMILES string of the molecule is CC.CCCc1cc(O)c(C/C=C(\C)CCC=C(C)C)c(O)c1C(=O)O. The second-order valence-corrected chi connectivity index (χ2v) is 6.39. The number of carboxylic acids is 1. The zero-order valence-corrected chi connectivity index (χ0v) is 17.0. The highest BCUT2D eigenvalue weighted by molar-refractivity contribution is 5.93. The van der Waals surface area contributed by atoms with Crippen LogP contribution in [0, 0.1) is 0 Å². The van der Waals surface area contributed by atoms with E-state index in [1.54, 1.807) is 0 Å². The van der Waals surface area contributed by atoms with Gasteiger partial charge in [0.15, 0.2) is 0 Å². The molecule has 0 unspecified atom stereocenters. The van der Waals surface area contributed by atoms with E-state index in [0.717, 1.165) is 24.8 Å². The molecule has 0 radical (unpaired) electrons. The average molecular weight is 363 g/mol. The number of aryl methyl sites for hydroxylation is 1. The lowest BCUT2D eigenvalue weighted by atomic mass is 9.95. The van der Waals surface area contributed by atoms with E-state index in [-0.39, 0.29) is 22.6 Å². The molecule has 0 heterocycles. The predicted molar refractivity (Wildman–Crippen MR) is 108 cm³/mol. The molecule has 146 valence electrons. The highest BCUT2D eigenvalue weighted by Gasteiger charge is 2.21. The molecule has 0 fully saturated rings. The minimum atomic E-state index is -1.17. The van der Waals surface area contributed by atoms with Gasteiger partial charge in [-0.2, -0.15) is 0 Å². The summed E-state index contributed by atoms with van der Waals surface area (Å²) in [5, 5.41) is 29.9. The molecule has 1 aromatic rings. The predicted octanol–water partition coefficient (Wildman–Crippen LogP) is 6.01. The van der Waals surface area contributed by atoms with E-state index in [9.17, 15) is 20.1 Å². The fourth-order valence-corrected chi connectivity index (χ4v) is 2.62. The Kier molecular flexibility index (Phi) is 11.1. The molecule has 0 aliphatic heterocycles. The summed E-state index contributed by atoms with van der Waals surface area (Å²) in [5.74, 6) is -1.53. The van der Waals surface area contributed by atoms with Crippen LogP contribution in [-0.4, -0.2) is 21.3 Å². The van der Waals surface area contributed by atoms with Crippen molar-refractivity contribution in [1.82, 2.24) is 0 Å². The first-order valence-corrected chi connectivity index (χ1v) is 9.36. The molecule has 1 aromatic carbocycles. The van der Waals surface area contributed by atoms with E-state index in [1.165, 1.54) is 11.6 Å². The average Bonchev–Trinajstić information content (AvgIpc) is 2.55. The lowest BCUT2D eigenvalue weighted by Gasteiger charge is -2.13. The highest BCUT2D eigenvalue weighted by Crippen LogP contribution is 2.35. The number of carbonyl (C=O) groups is 1. The Bertz CT molecular complexity index is 651. The summed E-state index contributed by atoms with van der Waals surface area (Å²) in [6.07, 6.45) is 7.48. The van der Waals surface area contributed by atoms with Gasteiger partial charge in [-0.3, -0.25) is 0 Å². The number of aromatic carboxylic acids is 1. The first kappa shape index (κ1) is 23.8. The van der Waals surface area contributed by atoms with Gasteiger partial charge in [-0.1, -0.05) is 50.5 Å². The zero-order valence-electron chi connectivity index (χ0n) is 17.0. The van der Waals surface area contributed by atoms with Crippen molar-refractivity contribution in [1.29, 1.82) is 0 Å². The fourth-order valence-electron chi connectivity index (χ4n) is 2.62. The van der Waals surface area contributed by atoms with Crippen molar-refractivity contribution < 1.29 is 20.1 Å². The quantitative estimate of drug-likeness (QED) is 0.495. The van der Waals surface area contributed by atoms with E-state index < -0.39 is 5.97 Å². The molecule has 0 spiro atoms. The van der Waals surface area contributed by atoms with Crippen molar-refractivity contribution in [2.75, 3.05) is 0 Å². The minimum Gasteiger partial charge on any atom is -0.508 e. The third-order valence-corrected chi connectivity index (χ3v) is 3.94. The number of carboxylic acid groups (broad SMARTS) is 1. The maximum atomic E-state index is 11.5. The molecule has 0 bridgehead atoms. The summed E-state index contributed by atoms with van der Waals surface area (Å²) in [6.45, 7) is 12.0. The molecular formula is C22H34O4. The summed E-state index contributed by atoms with van der Waals surface area (Å²) < 4.78 is 0. The van der Waals surface area contributed by atoms with Crippen LogP contribution < -0.4 is 0 Å². The van der Waals surface area contributed by atoms with Crippen LogP contribution >= 0.6 is 0 Å². The molecular weight excluding hydrogens is 328 g/mol. The van der Waals surface area contributed by atoms with E-state index in [2.05, 4.69) is 19.9 Å². The number of rotatable bonds is 8. The number of aromatic hydroxyl groups is 2. The molecule has 4 nitrogen and oxygen atoms in total. The Morgan fingerprint density at radius 2 is 1.73 bits per heavy atom. The maximum Gasteiger partial charge on any atom is 0.339 e. The topological polar surface area (TPSA) is 77.8 Å². The number of phenols is 2. The van der Waals surface area contributed by atoms with Gasteiger partial charge in [0.2, 0.25) is 0 Å². The van der Waals surface area contributed by atoms with E-state index in [1.807, 2.05) is 33.8 Å². The van der Waals surface area contributed by atoms with Crippen LogP contribution in [-0.2, 0) is 12.8 Å². The van der Waals surface area contributed by atoms with Crippen molar-refractivity contribution >= 4 is 5.97 Å². The van der Waals surface area contributed by atoms with Gasteiger partial charge in [0, 0.05) is 5.56 Å². The molecule has 0 saturated carbocycles. The second kappa shape index (κ2) is 12.2. The van der Waals surface area contributed by atoms with Crippen LogP contribution in [0.25, 0.3) is 0 Å². The van der Waals surface area contributed by atoms with Crippen LogP contribution in [0.2, 0.25) is 0 Å². The monoisotopic (exact) mass is 362 g/mol. The summed E-state index contributed by atoms with van der Waals surface area (Å²) in [4.78, 5) is 11.5. The normalized spacial score (nSPS) is 10.8. The summed E-state index contributed by atoms with van der Waals surface area (Å²) in [7, 11) is 0. The molecule has 0 aliphatic rings. The Labute approximate surface area is 157 Å². The standard InChI is InChI=1S/C20H28O4.C2H6/c1-5-7-15-12-17(21)16(19(22)18(15)20(23)24)11-10-14(4)9-6-8-13(2)3;1-2/h8,10,12,21-22H,5-7,9,11H2,1-4H3,(H,23,24);1-2H3/b14-10+;. The van der Waals surface area contributed by atoms with Gasteiger partial charge in [0.05, 0.1) is 0 Å². The molecule has 1 rings (SSSR count). The van der Waals surface area contributed by atoms with Crippen LogP contribution in [0.4, 0.5) is 0 Å². The van der Waals surface area contributed by atoms with Gasteiger partial charge in [0.25, 0.3) is 0 Å². The van der Waals surface area contributed by atoms with Crippen LogP contribution in [0.15, 0.2) is 29.4 Å². The van der Waals surface area contributed by atoms with Crippen molar-refractivity contribution in [2.45, 2.75) is 73.6 Å². The number of hydrogen-bond donors (Lipinski definition) is 3. The summed E-state index contributed by atoms with van der Waals surface area (Å²) in [6, 6.07) is 1.47. The number of benzene rings is 1. The third-order valence-electron chi connectivity index (χ3n) is 3.94.